The number of terminal acetylenes is 1. The van der Waals surface area contributed by atoms with Gasteiger partial charge in [0.25, 0.3) is 0 Å². The molecule has 0 aliphatic rings. The van der Waals surface area contributed by atoms with Crippen molar-refractivity contribution in [3.63, 3.8) is 0 Å². The Morgan fingerprint density at radius 3 is 2.23 bits per heavy atom. The first-order chi connectivity index (χ1) is 16.7. The molecule has 0 aromatic heterocycles. The number of hydrazone groups is 1. The Morgan fingerprint density at radius 1 is 1.00 bits per heavy atom. The van der Waals surface area contributed by atoms with E-state index in [2.05, 4.69) is 89.4 Å². The van der Waals surface area contributed by atoms with Crippen molar-refractivity contribution in [2.45, 2.75) is 86.1 Å². The Bertz CT molecular complexity index is 1050. The fraction of sp³-hybridized carbons (Fsp3) is 0.484. The Labute approximate surface area is 219 Å². The Hall–Kier alpha value is -2.64. The van der Waals surface area contributed by atoms with E-state index < -0.39 is 0 Å². The lowest BCUT2D eigenvalue weighted by molar-refractivity contribution is 0.550. The maximum absolute atomic E-state index is 5.90. The highest BCUT2D eigenvalue weighted by Crippen LogP contribution is 2.24. The molecule has 0 saturated carbocycles. The minimum Gasteiger partial charge on any atom is -0.375 e. The van der Waals surface area contributed by atoms with Gasteiger partial charge in [-0.3, -0.25) is 0 Å². The zero-order valence-electron chi connectivity index (χ0n) is 22.7. The highest BCUT2D eigenvalue weighted by Gasteiger charge is 2.19. The molecule has 3 nitrogen and oxygen atoms in total. The van der Waals surface area contributed by atoms with E-state index in [1.54, 1.807) is 0 Å². The SMILES string of the molecule is C#Cc1ccc(C(CC)CNC(=S)c2cc(/C(=N/NC(C)CC)C(C)CCC)c(C)cc2C)cc1. The van der Waals surface area contributed by atoms with Crippen molar-refractivity contribution in [2.24, 2.45) is 11.0 Å². The molecular weight excluding hydrogens is 446 g/mol. The van der Waals surface area contributed by atoms with Crippen LogP contribution in [0.1, 0.15) is 99.6 Å². The molecule has 2 rings (SSSR count). The fourth-order valence-electron chi connectivity index (χ4n) is 4.31. The Morgan fingerprint density at radius 2 is 1.66 bits per heavy atom. The zero-order chi connectivity index (χ0) is 26.0. The number of thiocarbonyl (C=S) groups is 1. The summed E-state index contributed by atoms with van der Waals surface area (Å²) >= 11 is 5.90. The van der Waals surface area contributed by atoms with E-state index in [-0.39, 0.29) is 0 Å². The number of nitrogens with one attached hydrogen (secondary N) is 2. The largest absolute Gasteiger partial charge is 0.375 e. The lowest BCUT2D eigenvalue weighted by Crippen LogP contribution is -2.29. The molecule has 0 aliphatic carbocycles. The van der Waals surface area contributed by atoms with Crippen molar-refractivity contribution in [3.05, 3.63) is 69.8 Å². The summed E-state index contributed by atoms with van der Waals surface area (Å²) in [6, 6.07) is 13.1. The highest BCUT2D eigenvalue weighted by atomic mass is 32.1. The average molecular weight is 490 g/mol. The van der Waals surface area contributed by atoms with Crippen LogP contribution < -0.4 is 10.7 Å². The van der Waals surface area contributed by atoms with Crippen LogP contribution in [0.3, 0.4) is 0 Å². The summed E-state index contributed by atoms with van der Waals surface area (Å²) in [4.78, 5) is 0.792. The zero-order valence-corrected chi connectivity index (χ0v) is 23.5. The molecule has 3 unspecified atom stereocenters. The lowest BCUT2D eigenvalue weighted by Gasteiger charge is -2.22. The maximum atomic E-state index is 5.90. The number of hydrogen-bond acceptors (Lipinski definition) is 3. The van der Waals surface area contributed by atoms with Crippen LogP contribution in [0.5, 0.6) is 0 Å². The summed E-state index contributed by atoms with van der Waals surface area (Å²) in [7, 11) is 0. The Balaban J connectivity index is 2.30. The van der Waals surface area contributed by atoms with Gasteiger partial charge in [0.15, 0.2) is 0 Å². The van der Waals surface area contributed by atoms with Gasteiger partial charge in [0, 0.05) is 41.1 Å². The van der Waals surface area contributed by atoms with E-state index in [9.17, 15) is 0 Å². The van der Waals surface area contributed by atoms with Crippen LogP contribution in [0.15, 0.2) is 41.5 Å². The summed E-state index contributed by atoms with van der Waals surface area (Å²) in [5, 5.41) is 8.46. The molecular formula is C31H43N3S. The molecule has 2 aromatic rings. The van der Waals surface area contributed by atoms with Crippen LogP contribution in [-0.2, 0) is 0 Å². The van der Waals surface area contributed by atoms with Crippen LogP contribution in [0, 0.1) is 32.1 Å². The van der Waals surface area contributed by atoms with Gasteiger partial charge in [0.2, 0.25) is 0 Å². The van der Waals surface area contributed by atoms with Gasteiger partial charge in [-0.05, 0) is 74.9 Å². The predicted molar refractivity (Wildman–Crippen MR) is 157 cm³/mol. The summed E-state index contributed by atoms with van der Waals surface area (Å²) in [5.41, 5.74) is 11.4. The molecule has 2 N–H and O–H groups in total. The van der Waals surface area contributed by atoms with Gasteiger partial charge in [-0.2, -0.15) is 5.10 Å². The smallest absolute Gasteiger partial charge is 0.106 e. The molecule has 0 spiro atoms. The first kappa shape index (κ1) is 28.6. The molecule has 35 heavy (non-hydrogen) atoms. The van der Waals surface area contributed by atoms with Crippen LogP contribution in [-0.4, -0.2) is 23.3 Å². The summed E-state index contributed by atoms with van der Waals surface area (Å²) in [5.74, 6) is 3.42. The quantitative estimate of drug-likeness (QED) is 0.142. The third-order valence-corrected chi connectivity index (χ3v) is 7.21. The van der Waals surface area contributed by atoms with E-state index in [0.717, 1.165) is 54.1 Å². The standard InChI is InChI=1S/C31H43N3S/c1-9-13-21(5)30(34-33-24(8)10-2)28-19-29(23(7)18-22(28)6)31(35)32-20-26(12-4)27-16-14-25(11-3)15-17-27/h3,14-19,21,24,26,33H,9-10,12-13,20H2,1-2,4-8H3,(H,32,35)/b34-30+. The van der Waals surface area contributed by atoms with Crippen LogP contribution in [0.2, 0.25) is 0 Å². The minimum atomic E-state index is 0.340. The number of benzene rings is 2. The molecule has 0 saturated heterocycles. The number of hydrogen-bond donors (Lipinski definition) is 2. The second-order valence-electron chi connectivity index (χ2n) is 9.69. The van der Waals surface area contributed by atoms with Gasteiger partial charge in [-0.25, -0.2) is 0 Å². The van der Waals surface area contributed by atoms with E-state index in [0.29, 0.717) is 17.9 Å². The topological polar surface area (TPSA) is 36.4 Å². The van der Waals surface area contributed by atoms with Crippen molar-refractivity contribution in [1.29, 1.82) is 0 Å². The van der Waals surface area contributed by atoms with Crippen molar-refractivity contribution in [1.82, 2.24) is 10.7 Å². The molecule has 0 radical (unpaired) electrons. The molecule has 0 amide bonds. The molecule has 0 bridgehead atoms. The van der Waals surface area contributed by atoms with Crippen molar-refractivity contribution < 1.29 is 0 Å². The number of aryl methyl sites for hydroxylation is 2. The molecule has 4 heteroatoms. The summed E-state index contributed by atoms with van der Waals surface area (Å²) in [6.07, 6.45) is 9.80. The van der Waals surface area contributed by atoms with Crippen LogP contribution in [0.4, 0.5) is 0 Å². The van der Waals surface area contributed by atoms with Crippen molar-refractivity contribution in [3.8, 4) is 12.3 Å². The number of rotatable bonds is 12. The van der Waals surface area contributed by atoms with Gasteiger partial charge >= 0.3 is 0 Å². The normalized spacial score (nSPS) is 14.1. The maximum Gasteiger partial charge on any atom is 0.106 e. The van der Waals surface area contributed by atoms with Crippen LogP contribution in [0.25, 0.3) is 0 Å². The highest BCUT2D eigenvalue weighted by molar-refractivity contribution is 7.80. The third kappa shape index (κ3) is 7.94. The van der Waals surface area contributed by atoms with E-state index in [1.807, 2.05) is 12.1 Å². The lowest BCUT2D eigenvalue weighted by atomic mass is 9.89. The summed E-state index contributed by atoms with van der Waals surface area (Å²) < 4.78 is 0. The third-order valence-electron chi connectivity index (χ3n) is 6.85. The first-order valence-electron chi connectivity index (χ1n) is 13.0. The second-order valence-corrected chi connectivity index (χ2v) is 10.1. The van der Waals surface area contributed by atoms with Gasteiger partial charge in [0.1, 0.15) is 4.99 Å². The fourth-order valence-corrected chi connectivity index (χ4v) is 4.61. The van der Waals surface area contributed by atoms with Gasteiger partial charge < -0.3 is 10.7 Å². The van der Waals surface area contributed by atoms with Crippen molar-refractivity contribution in [2.75, 3.05) is 6.54 Å². The number of nitrogens with zero attached hydrogens (tertiary/aromatic N) is 1. The first-order valence-corrected chi connectivity index (χ1v) is 13.5. The molecule has 188 valence electrons. The molecule has 0 aliphatic heterocycles. The van der Waals surface area contributed by atoms with E-state index >= 15 is 0 Å². The average Bonchev–Trinajstić information content (AvgIpc) is 2.85. The molecule has 0 heterocycles. The second kappa shape index (κ2) is 14.0. The van der Waals surface area contributed by atoms with E-state index in [1.165, 1.54) is 22.3 Å². The van der Waals surface area contributed by atoms with Crippen molar-refractivity contribution >= 4 is 22.9 Å². The van der Waals surface area contributed by atoms with Gasteiger partial charge in [-0.1, -0.05) is 70.5 Å². The Kier molecular flexibility index (Phi) is 11.5. The molecule has 2 aromatic carbocycles. The van der Waals surface area contributed by atoms with Crippen LogP contribution >= 0.6 is 12.2 Å². The minimum absolute atomic E-state index is 0.340. The molecule has 0 fully saturated rings. The van der Waals surface area contributed by atoms with Gasteiger partial charge in [-0.15, -0.1) is 6.42 Å². The van der Waals surface area contributed by atoms with Gasteiger partial charge in [0.05, 0.1) is 5.71 Å². The van der Waals surface area contributed by atoms with E-state index in [4.69, 9.17) is 23.7 Å². The summed E-state index contributed by atoms with van der Waals surface area (Å²) in [6.45, 7) is 16.2. The molecule has 3 atom stereocenters. The monoisotopic (exact) mass is 489 g/mol. The predicted octanol–water partition coefficient (Wildman–Crippen LogP) is 7.27.